The van der Waals surface area contributed by atoms with Crippen molar-refractivity contribution in [3.05, 3.63) is 21.9 Å². The van der Waals surface area contributed by atoms with E-state index in [1.165, 1.54) is 10.4 Å². The number of rotatable bonds is 5. The maximum atomic E-state index is 12.8. The number of aliphatic carboxylic acids is 1. The van der Waals surface area contributed by atoms with Crippen molar-refractivity contribution in [2.24, 2.45) is 5.92 Å². The van der Waals surface area contributed by atoms with Crippen molar-refractivity contribution in [3.8, 4) is 0 Å². The van der Waals surface area contributed by atoms with Gasteiger partial charge in [-0.25, -0.2) is 0 Å². The van der Waals surface area contributed by atoms with Crippen LogP contribution >= 0.6 is 11.3 Å². The van der Waals surface area contributed by atoms with Gasteiger partial charge in [0.15, 0.2) is 0 Å². The van der Waals surface area contributed by atoms with Crippen LogP contribution in [0.5, 0.6) is 0 Å². The second kappa shape index (κ2) is 6.38. The van der Waals surface area contributed by atoms with E-state index in [4.69, 9.17) is 9.84 Å². The minimum absolute atomic E-state index is 0.00281. The molecule has 1 saturated heterocycles. The van der Waals surface area contributed by atoms with E-state index in [0.29, 0.717) is 13.2 Å². The van der Waals surface area contributed by atoms with Gasteiger partial charge in [0.25, 0.3) is 0 Å². The highest BCUT2D eigenvalue weighted by Crippen LogP contribution is 2.51. The van der Waals surface area contributed by atoms with E-state index in [0.717, 1.165) is 19.3 Å². The van der Waals surface area contributed by atoms with Crippen LogP contribution in [0.4, 0.5) is 0 Å². The maximum absolute atomic E-state index is 12.8. The maximum Gasteiger partial charge on any atom is 0.323 e. The molecule has 0 unspecified atom stereocenters. The van der Waals surface area contributed by atoms with Gasteiger partial charge in [0, 0.05) is 36.0 Å². The standard InChI is InChI=1S/C16H21NO4S/c1-10-4-7-22-15(10)12-8-13(12)16(20)17(9-14(18)19)11-2-5-21-6-3-11/h4,7,11-13H,2-3,5-6,8-9H2,1H3,(H,18,19)/t12-,13+/m0/s1. The van der Waals surface area contributed by atoms with Crippen molar-refractivity contribution < 1.29 is 19.4 Å². The molecule has 2 atom stereocenters. The van der Waals surface area contributed by atoms with Crippen molar-refractivity contribution in [1.29, 1.82) is 0 Å². The Morgan fingerprint density at radius 1 is 1.41 bits per heavy atom. The lowest BCUT2D eigenvalue weighted by Gasteiger charge is -2.33. The summed E-state index contributed by atoms with van der Waals surface area (Å²) in [5.74, 6) is -0.695. The number of ether oxygens (including phenoxy) is 1. The molecule has 1 aromatic heterocycles. The Balaban J connectivity index is 1.70. The van der Waals surface area contributed by atoms with Gasteiger partial charge >= 0.3 is 5.97 Å². The van der Waals surface area contributed by atoms with E-state index in [-0.39, 0.29) is 30.3 Å². The number of amides is 1. The van der Waals surface area contributed by atoms with Crippen LogP contribution in [-0.4, -0.2) is 47.7 Å². The van der Waals surface area contributed by atoms with Crippen LogP contribution in [0.2, 0.25) is 0 Å². The molecule has 2 aliphatic rings. The molecule has 1 amide bonds. The minimum Gasteiger partial charge on any atom is -0.480 e. The van der Waals surface area contributed by atoms with E-state index in [2.05, 4.69) is 18.4 Å². The number of hydrogen-bond donors (Lipinski definition) is 1. The third-order valence-electron chi connectivity index (χ3n) is 4.57. The zero-order valence-corrected chi connectivity index (χ0v) is 13.5. The highest BCUT2D eigenvalue weighted by atomic mass is 32.1. The van der Waals surface area contributed by atoms with Gasteiger partial charge in [-0.3, -0.25) is 9.59 Å². The third-order valence-corrected chi connectivity index (χ3v) is 5.72. The monoisotopic (exact) mass is 323 g/mol. The Kier molecular flexibility index (Phi) is 4.49. The van der Waals surface area contributed by atoms with E-state index >= 15 is 0 Å². The first-order chi connectivity index (χ1) is 10.6. The molecule has 120 valence electrons. The quantitative estimate of drug-likeness (QED) is 0.902. The van der Waals surface area contributed by atoms with Crippen LogP contribution in [0, 0.1) is 12.8 Å². The molecular weight excluding hydrogens is 302 g/mol. The summed E-state index contributed by atoms with van der Waals surface area (Å²) < 4.78 is 5.32. The van der Waals surface area contributed by atoms with E-state index < -0.39 is 5.97 Å². The molecule has 1 aromatic rings. The molecule has 22 heavy (non-hydrogen) atoms. The van der Waals surface area contributed by atoms with Crippen molar-refractivity contribution in [2.45, 2.75) is 38.1 Å². The van der Waals surface area contributed by atoms with Gasteiger partial charge in [-0.15, -0.1) is 11.3 Å². The second-order valence-electron chi connectivity index (χ2n) is 6.12. The molecule has 0 bridgehead atoms. The first-order valence-electron chi connectivity index (χ1n) is 7.72. The van der Waals surface area contributed by atoms with Crippen LogP contribution in [0.1, 0.15) is 35.6 Å². The first-order valence-corrected chi connectivity index (χ1v) is 8.60. The summed E-state index contributed by atoms with van der Waals surface area (Å²) in [6.45, 7) is 3.08. The van der Waals surface area contributed by atoms with Gasteiger partial charge < -0.3 is 14.7 Å². The van der Waals surface area contributed by atoms with Crippen molar-refractivity contribution >= 4 is 23.2 Å². The van der Waals surface area contributed by atoms with Crippen LogP contribution in [0.25, 0.3) is 0 Å². The second-order valence-corrected chi connectivity index (χ2v) is 7.07. The summed E-state index contributed by atoms with van der Waals surface area (Å²) in [5.41, 5.74) is 1.24. The highest BCUT2D eigenvalue weighted by molar-refractivity contribution is 7.10. The average molecular weight is 323 g/mol. The largest absolute Gasteiger partial charge is 0.480 e. The van der Waals surface area contributed by atoms with Crippen LogP contribution in [0.15, 0.2) is 11.4 Å². The molecule has 6 heteroatoms. The molecule has 2 fully saturated rings. The smallest absolute Gasteiger partial charge is 0.323 e. The van der Waals surface area contributed by atoms with E-state index in [9.17, 15) is 9.59 Å². The highest BCUT2D eigenvalue weighted by Gasteiger charge is 2.48. The van der Waals surface area contributed by atoms with Crippen molar-refractivity contribution in [2.75, 3.05) is 19.8 Å². The number of thiophene rings is 1. The summed E-state index contributed by atoms with van der Waals surface area (Å²) in [6, 6.07) is 2.08. The fraction of sp³-hybridized carbons (Fsp3) is 0.625. The zero-order chi connectivity index (χ0) is 15.7. The Morgan fingerprint density at radius 2 is 2.14 bits per heavy atom. The van der Waals surface area contributed by atoms with Crippen LogP contribution < -0.4 is 0 Å². The lowest BCUT2D eigenvalue weighted by molar-refractivity contribution is -0.148. The number of carboxylic acids is 1. The zero-order valence-electron chi connectivity index (χ0n) is 12.7. The Morgan fingerprint density at radius 3 is 2.73 bits per heavy atom. The number of nitrogens with zero attached hydrogens (tertiary/aromatic N) is 1. The fourth-order valence-electron chi connectivity index (χ4n) is 3.26. The Hall–Kier alpha value is -1.40. The van der Waals surface area contributed by atoms with E-state index in [1.54, 1.807) is 16.2 Å². The van der Waals surface area contributed by atoms with E-state index in [1.807, 2.05) is 0 Å². The summed E-state index contributed by atoms with van der Waals surface area (Å²) in [7, 11) is 0. The number of carboxylic acid groups (broad SMARTS) is 1. The summed E-state index contributed by atoms with van der Waals surface area (Å²) >= 11 is 1.70. The van der Waals surface area contributed by atoms with Gasteiger partial charge in [-0.2, -0.15) is 0 Å². The molecule has 1 aliphatic heterocycles. The third kappa shape index (κ3) is 3.17. The Labute approximate surface area is 133 Å². The lowest BCUT2D eigenvalue weighted by atomic mass is 10.1. The van der Waals surface area contributed by atoms with Gasteiger partial charge in [0.1, 0.15) is 6.54 Å². The lowest BCUT2D eigenvalue weighted by Crippen LogP contribution is -2.46. The summed E-state index contributed by atoms with van der Waals surface area (Å²) in [5, 5.41) is 11.2. The topological polar surface area (TPSA) is 66.8 Å². The SMILES string of the molecule is Cc1ccsc1[C@H]1C[C@H]1C(=O)N(CC(=O)O)C1CCOCC1. The van der Waals surface area contributed by atoms with Crippen LogP contribution in [-0.2, 0) is 14.3 Å². The first kappa shape index (κ1) is 15.5. The Bertz CT molecular complexity index is 564. The average Bonchev–Trinajstić information content (AvgIpc) is 3.19. The number of aryl methyl sites for hydroxylation is 1. The molecule has 3 rings (SSSR count). The summed E-state index contributed by atoms with van der Waals surface area (Å²) in [6.07, 6.45) is 2.31. The predicted molar refractivity (Wildman–Crippen MR) is 83.1 cm³/mol. The molecule has 5 nitrogen and oxygen atoms in total. The minimum atomic E-state index is -0.940. The molecule has 0 aromatic carbocycles. The van der Waals surface area contributed by atoms with Crippen molar-refractivity contribution in [3.63, 3.8) is 0 Å². The predicted octanol–water partition coefficient (Wildman–Crippen LogP) is 2.25. The molecule has 1 aliphatic carbocycles. The molecule has 1 N–H and O–H groups in total. The molecule has 0 spiro atoms. The van der Waals surface area contributed by atoms with Crippen LogP contribution in [0.3, 0.4) is 0 Å². The van der Waals surface area contributed by atoms with Gasteiger partial charge in [-0.1, -0.05) is 0 Å². The molecule has 0 radical (unpaired) electrons. The molecule has 2 heterocycles. The van der Waals surface area contributed by atoms with Crippen molar-refractivity contribution in [1.82, 2.24) is 4.90 Å². The normalized spacial score (nSPS) is 25.0. The van der Waals surface area contributed by atoms with Gasteiger partial charge in [0.05, 0.1) is 0 Å². The number of hydrogen-bond acceptors (Lipinski definition) is 4. The summed E-state index contributed by atoms with van der Waals surface area (Å²) in [4.78, 5) is 26.8. The van der Waals surface area contributed by atoms with Gasteiger partial charge in [0.2, 0.25) is 5.91 Å². The molecule has 1 saturated carbocycles. The van der Waals surface area contributed by atoms with Gasteiger partial charge in [-0.05, 0) is 43.2 Å². The molecular formula is C16H21NO4S. The number of carbonyl (C=O) groups is 2. The fourth-order valence-corrected chi connectivity index (χ4v) is 4.37. The number of carbonyl (C=O) groups excluding carboxylic acids is 1.